The van der Waals surface area contributed by atoms with E-state index in [1.165, 1.54) is 28.4 Å². The lowest BCUT2D eigenvalue weighted by Crippen LogP contribution is -2.42. The molecule has 4 atom stereocenters. The molecule has 8 nitrogen and oxygen atoms in total. The molecule has 0 spiro atoms. The Kier molecular flexibility index (Phi) is 7.03. The quantitative estimate of drug-likeness (QED) is 0.506. The van der Waals surface area contributed by atoms with Crippen molar-refractivity contribution in [2.75, 3.05) is 19.7 Å². The fourth-order valence-electron chi connectivity index (χ4n) is 5.72. The number of rotatable bonds is 7. The summed E-state index contributed by atoms with van der Waals surface area (Å²) in [6.07, 6.45) is 1.59. The molecule has 3 unspecified atom stereocenters. The van der Waals surface area contributed by atoms with Crippen LogP contribution in [0.3, 0.4) is 0 Å². The highest BCUT2D eigenvalue weighted by Crippen LogP contribution is 2.49. The molecule has 0 radical (unpaired) electrons. The van der Waals surface area contributed by atoms with Crippen molar-refractivity contribution >= 4 is 29.1 Å². The summed E-state index contributed by atoms with van der Waals surface area (Å²) in [4.78, 5) is 35.5. The molecule has 0 bridgehead atoms. The molecule has 2 fully saturated rings. The van der Waals surface area contributed by atoms with Gasteiger partial charge in [-0.05, 0) is 43.9 Å². The number of hydrogen-bond acceptors (Lipinski definition) is 8. The number of ether oxygens (including phenoxy) is 1. The predicted octanol–water partition coefficient (Wildman–Crippen LogP) is 3.93. The smallest absolute Gasteiger partial charge is 0.338 e. The first kappa shape index (κ1) is 26.4. The van der Waals surface area contributed by atoms with Crippen LogP contribution in [0, 0.1) is 24.6 Å². The van der Waals surface area contributed by atoms with Gasteiger partial charge in [0.2, 0.25) is 0 Å². The number of carbonyl (C=O) groups excluding carboxylic acids is 1. The minimum absolute atomic E-state index is 0.0697. The van der Waals surface area contributed by atoms with Crippen molar-refractivity contribution in [3.63, 3.8) is 0 Å². The third-order valence-electron chi connectivity index (χ3n) is 7.53. The van der Waals surface area contributed by atoms with Gasteiger partial charge in [0.1, 0.15) is 11.9 Å². The van der Waals surface area contributed by atoms with Gasteiger partial charge in [-0.25, -0.2) is 22.9 Å². The van der Waals surface area contributed by atoms with Crippen LogP contribution >= 0.6 is 11.3 Å². The van der Waals surface area contributed by atoms with Gasteiger partial charge in [-0.1, -0.05) is 12.1 Å². The van der Waals surface area contributed by atoms with Crippen LogP contribution in [0.15, 0.2) is 46.0 Å². The lowest BCUT2D eigenvalue weighted by atomic mass is 9.92. The van der Waals surface area contributed by atoms with Crippen molar-refractivity contribution < 1.29 is 32.6 Å². The van der Waals surface area contributed by atoms with Crippen molar-refractivity contribution in [3.8, 4) is 0 Å². The number of aliphatic imine (C=N–C) groups is 1. The van der Waals surface area contributed by atoms with Gasteiger partial charge >= 0.3 is 11.9 Å². The predicted molar refractivity (Wildman–Crippen MR) is 133 cm³/mol. The Hall–Kier alpha value is -3.25. The van der Waals surface area contributed by atoms with E-state index in [0.717, 1.165) is 0 Å². The lowest BCUT2D eigenvalue weighted by Gasteiger charge is -2.31. The van der Waals surface area contributed by atoms with E-state index >= 15 is 8.78 Å². The van der Waals surface area contributed by atoms with Gasteiger partial charge in [0, 0.05) is 35.8 Å². The number of likely N-dealkylation sites (tertiary alicyclic amines) is 1. The number of nitrogens with zero attached hydrogens (tertiary/aromatic N) is 3. The molecule has 2 aromatic rings. The van der Waals surface area contributed by atoms with Gasteiger partial charge in [0.15, 0.2) is 10.8 Å². The van der Waals surface area contributed by atoms with E-state index in [2.05, 4.69) is 10.3 Å². The van der Waals surface area contributed by atoms with Crippen molar-refractivity contribution in [2.45, 2.75) is 44.7 Å². The molecule has 1 saturated carbocycles. The maximum atomic E-state index is 15.0. The van der Waals surface area contributed by atoms with Gasteiger partial charge in [0.25, 0.3) is 5.92 Å². The first-order valence-electron chi connectivity index (χ1n) is 12.3. The summed E-state index contributed by atoms with van der Waals surface area (Å²) in [6.45, 7) is 2.65. The average Bonchev–Trinajstić information content (AvgIpc) is 3.60. The van der Waals surface area contributed by atoms with Crippen molar-refractivity contribution in [1.29, 1.82) is 0 Å². The van der Waals surface area contributed by atoms with E-state index in [1.807, 2.05) is 0 Å². The number of carboxylic acid groups (broad SMARTS) is 1. The van der Waals surface area contributed by atoms with E-state index in [0.29, 0.717) is 27.7 Å². The van der Waals surface area contributed by atoms with Gasteiger partial charge in [-0.3, -0.25) is 14.7 Å². The zero-order valence-corrected chi connectivity index (χ0v) is 21.6. The molecule has 1 aromatic heterocycles. The summed E-state index contributed by atoms with van der Waals surface area (Å²) < 4.78 is 50.0. The first-order chi connectivity index (χ1) is 18.1. The number of alkyl halides is 2. The third kappa shape index (κ3) is 4.71. The Labute approximate surface area is 221 Å². The number of amidine groups is 1. The number of carboxylic acids is 1. The molecule has 2 N–H and O–H groups in total. The molecule has 0 amide bonds. The van der Waals surface area contributed by atoms with Crippen LogP contribution in [0.4, 0.5) is 13.2 Å². The summed E-state index contributed by atoms with van der Waals surface area (Å²) in [7, 11) is 0. The number of benzene rings is 1. The summed E-state index contributed by atoms with van der Waals surface area (Å²) in [6, 6.07) is 2.87. The molecule has 3 heterocycles. The van der Waals surface area contributed by atoms with Gasteiger partial charge in [-0.15, -0.1) is 11.3 Å². The third-order valence-corrected chi connectivity index (χ3v) is 8.31. The van der Waals surface area contributed by atoms with E-state index in [-0.39, 0.29) is 31.6 Å². The zero-order valence-electron chi connectivity index (χ0n) is 20.8. The molecule has 38 heavy (non-hydrogen) atoms. The normalized spacial score (nSPS) is 26.6. The Morgan fingerprint density at radius 3 is 2.79 bits per heavy atom. The standard InChI is InChI=1S/C26H27F3N4O4S/c1-3-37-25(36)20-18(11-33-12-26(28,29)16-9-14(24(34)35)10-19(16)33)31-22(23-30-7-8-38-23)32-21(20)15-5-4-6-17(27)13(15)2/h4-8,14,16,19,21H,3,9-12H2,1-2H3,(H,31,32)(H,34,35)/t14?,16?,19?,21-/m0/s1. The van der Waals surface area contributed by atoms with Crippen molar-refractivity contribution in [1.82, 2.24) is 15.2 Å². The molecule has 1 aliphatic carbocycles. The number of halogens is 3. The van der Waals surface area contributed by atoms with Crippen LogP contribution in [0.1, 0.15) is 41.9 Å². The van der Waals surface area contributed by atoms with Gasteiger partial charge < -0.3 is 15.2 Å². The number of esters is 1. The zero-order chi connectivity index (χ0) is 27.2. The maximum absolute atomic E-state index is 15.0. The molecule has 202 valence electrons. The van der Waals surface area contributed by atoms with Crippen LogP contribution < -0.4 is 5.32 Å². The molecule has 3 aliphatic rings. The Morgan fingerprint density at radius 1 is 1.32 bits per heavy atom. The highest BCUT2D eigenvalue weighted by Gasteiger charge is 2.59. The minimum Gasteiger partial charge on any atom is -0.481 e. The summed E-state index contributed by atoms with van der Waals surface area (Å²) in [5.74, 6) is -6.93. The number of hydrogen-bond donors (Lipinski definition) is 2. The van der Waals surface area contributed by atoms with Crippen LogP contribution in [-0.2, 0) is 14.3 Å². The van der Waals surface area contributed by atoms with Crippen LogP contribution in [0.25, 0.3) is 0 Å². The van der Waals surface area contributed by atoms with Crippen molar-refractivity contribution in [2.24, 2.45) is 16.8 Å². The van der Waals surface area contributed by atoms with Gasteiger partial charge in [-0.2, -0.15) is 0 Å². The number of carbonyl (C=O) groups is 2. The number of fused-ring (bicyclic) bond motifs is 1. The number of thiazole rings is 1. The number of aromatic nitrogens is 1. The molecule has 5 rings (SSSR count). The van der Waals surface area contributed by atoms with Crippen LogP contribution in [0.5, 0.6) is 0 Å². The van der Waals surface area contributed by atoms with E-state index in [1.54, 1.807) is 31.5 Å². The maximum Gasteiger partial charge on any atom is 0.338 e. The largest absolute Gasteiger partial charge is 0.481 e. The summed E-state index contributed by atoms with van der Waals surface area (Å²) >= 11 is 1.30. The Bertz CT molecular complexity index is 1310. The minimum atomic E-state index is -3.07. The van der Waals surface area contributed by atoms with Crippen molar-refractivity contribution in [3.05, 3.63) is 63.0 Å². The highest BCUT2D eigenvalue weighted by atomic mass is 32.1. The molecule has 1 saturated heterocycles. The lowest BCUT2D eigenvalue weighted by molar-refractivity contribution is -0.142. The monoisotopic (exact) mass is 548 g/mol. The molecule has 2 aliphatic heterocycles. The second-order valence-electron chi connectivity index (χ2n) is 9.76. The van der Waals surface area contributed by atoms with E-state index in [4.69, 9.17) is 9.73 Å². The van der Waals surface area contributed by atoms with Crippen LogP contribution in [0.2, 0.25) is 0 Å². The van der Waals surface area contributed by atoms with Crippen LogP contribution in [-0.4, -0.2) is 64.4 Å². The molecule has 12 heteroatoms. The average molecular weight is 549 g/mol. The summed E-state index contributed by atoms with van der Waals surface area (Å²) in [5, 5.41) is 14.9. The first-order valence-corrected chi connectivity index (χ1v) is 13.2. The van der Waals surface area contributed by atoms with E-state index < -0.39 is 54.1 Å². The molecule has 1 aromatic carbocycles. The second kappa shape index (κ2) is 10.1. The number of aliphatic carboxylic acids is 1. The Morgan fingerprint density at radius 2 is 2.11 bits per heavy atom. The second-order valence-corrected chi connectivity index (χ2v) is 10.7. The molecular weight excluding hydrogens is 521 g/mol. The fourth-order valence-corrected chi connectivity index (χ4v) is 6.31. The number of nitrogens with one attached hydrogen (secondary N) is 1. The SMILES string of the molecule is CCOC(=O)C1=C(CN2CC(F)(F)C3CC(C(=O)O)CC32)NC(c2nccs2)=N[C@H]1c1cccc(F)c1C. The topological polar surface area (TPSA) is 104 Å². The molecular formula is C26H27F3N4O4S. The Balaban J connectivity index is 1.60. The van der Waals surface area contributed by atoms with Gasteiger partial charge in [0.05, 0.1) is 24.6 Å². The summed E-state index contributed by atoms with van der Waals surface area (Å²) in [5.41, 5.74) is 1.14. The fraction of sp³-hybridized carbons (Fsp3) is 0.462. The highest BCUT2D eigenvalue weighted by molar-refractivity contribution is 7.11. The van der Waals surface area contributed by atoms with E-state index in [9.17, 15) is 19.1 Å².